The summed E-state index contributed by atoms with van der Waals surface area (Å²) in [5, 5.41) is 9.18. The highest BCUT2D eigenvalue weighted by molar-refractivity contribution is 5.01. The molecule has 0 spiro atoms. The Balaban J connectivity index is 2.26. The summed E-state index contributed by atoms with van der Waals surface area (Å²) in [5.74, 6) is 0.500. The van der Waals surface area contributed by atoms with E-state index in [2.05, 4.69) is 6.58 Å². The van der Waals surface area contributed by atoms with E-state index in [1.54, 1.807) is 0 Å². The second kappa shape index (κ2) is 1.59. The molecule has 0 aromatic heterocycles. The Bertz CT molecular complexity index is 105. The van der Waals surface area contributed by atoms with Crippen LogP contribution < -0.4 is 0 Å². The molecule has 0 heterocycles. The molecule has 0 aromatic carbocycles. The topological polar surface area (TPSA) is 20.2 Å². The predicted octanol–water partition coefficient (Wildman–Crippen LogP) is 1.33. The van der Waals surface area contributed by atoms with E-state index in [0.29, 0.717) is 5.92 Å². The van der Waals surface area contributed by atoms with Crippen molar-refractivity contribution in [3.8, 4) is 0 Å². The molecular weight excluding hydrogens is 100 g/mol. The van der Waals surface area contributed by atoms with Crippen LogP contribution in [0, 0.1) is 5.92 Å². The minimum absolute atomic E-state index is 0.353. The highest BCUT2D eigenvalue weighted by atomic mass is 16.3. The average Bonchev–Trinajstić information content (AvgIpc) is 2.15. The molecule has 0 amide bonds. The van der Waals surface area contributed by atoms with Crippen LogP contribution in [0.3, 0.4) is 0 Å². The lowest BCUT2D eigenvalue weighted by Gasteiger charge is -1.96. The molecule has 0 saturated heterocycles. The van der Waals surface area contributed by atoms with Crippen molar-refractivity contribution >= 4 is 0 Å². The summed E-state index contributed by atoms with van der Waals surface area (Å²) in [5.41, 5.74) is -0.353. The van der Waals surface area contributed by atoms with Crippen LogP contribution in [0.15, 0.2) is 12.7 Å². The highest BCUT2D eigenvalue weighted by Gasteiger charge is 2.47. The van der Waals surface area contributed by atoms with Crippen LogP contribution in [0.5, 0.6) is 0 Å². The van der Waals surface area contributed by atoms with Gasteiger partial charge in [0.2, 0.25) is 0 Å². The summed E-state index contributed by atoms with van der Waals surface area (Å²) in [6.07, 6.45) is 3.79. The summed E-state index contributed by atoms with van der Waals surface area (Å²) in [6, 6.07) is 0. The molecule has 8 heavy (non-hydrogen) atoms. The Morgan fingerprint density at radius 1 is 2.00 bits per heavy atom. The third kappa shape index (κ3) is 0.920. The first-order chi connectivity index (χ1) is 3.67. The van der Waals surface area contributed by atoms with E-state index in [1.165, 1.54) is 0 Å². The monoisotopic (exact) mass is 112 g/mol. The maximum Gasteiger partial charge on any atom is 0.0655 e. The molecule has 1 saturated carbocycles. The molecule has 2 atom stereocenters. The van der Waals surface area contributed by atoms with E-state index in [4.69, 9.17) is 0 Å². The van der Waals surface area contributed by atoms with Crippen molar-refractivity contribution in [3.63, 3.8) is 0 Å². The SMILES string of the molecule is C=CC[C@@H]1C[C@@]1(C)O. The van der Waals surface area contributed by atoms with E-state index in [9.17, 15) is 5.11 Å². The van der Waals surface area contributed by atoms with E-state index < -0.39 is 0 Å². The maximum atomic E-state index is 9.18. The van der Waals surface area contributed by atoms with Gasteiger partial charge in [0.25, 0.3) is 0 Å². The van der Waals surface area contributed by atoms with Gasteiger partial charge in [-0.25, -0.2) is 0 Å². The number of allylic oxidation sites excluding steroid dienone is 1. The third-order valence-corrected chi connectivity index (χ3v) is 1.83. The molecule has 0 unspecified atom stereocenters. The van der Waals surface area contributed by atoms with Crippen LogP contribution in [0.25, 0.3) is 0 Å². The average molecular weight is 112 g/mol. The van der Waals surface area contributed by atoms with Gasteiger partial charge in [-0.2, -0.15) is 0 Å². The van der Waals surface area contributed by atoms with Crippen LogP contribution >= 0.6 is 0 Å². The molecule has 0 bridgehead atoms. The molecule has 1 N–H and O–H groups in total. The molecule has 1 nitrogen and oxygen atoms in total. The minimum Gasteiger partial charge on any atom is -0.390 e. The number of aliphatic hydroxyl groups is 1. The van der Waals surface area contributed by atoms with Crippen LogP contribution in [0.1, 0.15) is 19.8 Å². The Hall–Kier alpha value is -0.300. The first kappa shape index (κ1) is 5.83. The van der Waals surface area contributed by atoms with Crippen LogP contribution in [0.2, 0.25) is 0 Å². The van der Waals surface area contributed by atoms with E-state index >= 15 is 0 Å². The third-order valence-electron chi connectivity index (χ3n) is 1.83. The Morgan fingerprint density at radius 2 is 2.50 bits per heavy atom. The molecule has 0 aromatic rings. The predicted molar refractivity (Wildman–Crippen MR) is 33.5 cm³/mol. The van der Waals surface area contributed by atoms with Gasteiger partial charge in [-0.1, -0.05) is 6.08 Å². The van der Waals surface area contributed by atoms with Crippen molar-refractivity contribution in [2.75, 3.05) is 0 Å². The first-order valence-electron chi connectivity index (χ1n) is 3.00. The minimum atomic E-state index is -0.353. The van der Waals surface area contributed by atoms with Crippen LogP contribution in [-0.2, 0) is 0 Å². The van der Waals surface area contributed by atoms with Gasteiger partial charge in [-0.15, -0.1) is 6.58 Å². The second-order valence-electron chi connectivity index (χ2n) is 2.78. The standard InChI is InChI=1S/C7H12O/c1-3-4-6-5-7(6,2)8/h3,6,8H,1,4-5H2,2H3/t6-,7-/m1/s1. The van der Waals surface area contributed by atoms with Crippen molar-refractivity contribution in [3.05, 3.63) is 12.7 Å². The van der Waals surface area contributed by atoms with Crippen molar-refractivity contribution in [2.24, 2.45) is 5.92 Å². The second-order valence-corrected chi connectivity index (χ2v) is 2.78. The Labute approximate surface area is 50.0 Å². The largest absolute Gasteiger partial charge is 0.390 e. The Morgan fingerprint density at radius 3 is 2.62 bits per heavy atom. The molecule has 46 valence electrons. The summed E-state index contributed by atoms with van der Waals surface area (Å²) >= 11 is 0. The fourth-order valence-electron chi connectivity index (χ4n) is 0.978. The fraction of sp³-hybridized carbons (Fsp3) is 0.714. The van der Waals surface area contributed by atoms with E-state index in [1.807, 2.05) is 13.0 Å². The quantitative estimate of drug-likeness (QED) is 0.534. The van der Waals surface area contributed by atoms with Gasteiger partial charge in [0, 0.05) is 0 Å². The van der Waals surface area contributed by atoms with Gasteiger partial charge < -0.3 is 5.11 Å². The summed E-state index contributed by atoms with van der Waals surface area (Å²) < 4.78 is 0. The summed E-state index contributed by atoms with van der Waals surface area (Å²) in [4.78, 5) is 0. The van der Waals surface area contributed by atoms with Gasteiger partial charge in [0.15, 0.2) is 0 Å². The zero-order chi connectivity index (χ0) is 6.20. The van der Waals surface area contributed by atoms with E-state index in [-0.39, 0.29) is 5.60 Å². The first-order valence-corrected chi connectivity index (χ1v) is 3.00. The molecule has 0 aliphatic heterocycles. The zero-order valence-electron chi connectivity index (χ0n) is 5.22. The van der Waals surface area contributed by atoms with Gasteiger partial charge in [0.1, 0.15) is 0 Å². The molecule has 1 heteroatoms. The molecule has 1 aliphatic rings. The number of rotatable bonds is 2. The smallest absolute Gasteiger partial charge is 0.0655 e. The normalized spacial score (nSPS) is 44.0. The molecular formula is C7H12O. The van der Waals surface area contributed by atoms with Gasteiger partial charge >= 0.3 is 0 Å². The fourth-order valence-corrected chi connectivity index (χ4v) is 0.978. The van der Waals surface area contributed by atoms with Gasteiger partial charge in [0.05, 0.1) is 5.60 Å². The molecule has 1 rings (SSSR count). The van der Waals surface area contributed by atoms with Gasteiger partial charge in [-0.05, 0) is 25.7 Å². The zero-order valence-corrected chi connectivity index (χ0v) is 5.22. The molecule has 1 fully saturated rings. The maximum absolute atomic E-state index is 9.18. The Kier molecular flexibility index (Phi) is 1.16. The molecule has 0 radical (unpaired) electrons. The number of hydrogen-bond donors (Lipinski definition) is 1. The lowest BCUT2D eigenvalue weighted by Crippen LogP contribution is -2.01. The summed E-state index contributed by atoms with van der Waals surface area (Å²) in [6.45, 7) is 5.47. The van der Waals surface area contributed by atoms with Crippen molar-refractivity contribution in [1.29, 1.82) is 0 Å². The summed E-state index contributed by atoms with van der Waals surface area (Å²) in [7, 11) is 0. The van der Waals surface area contributed by atoms with Crippen molar-refractivity contribution < 1.29 is 5.11 Å². The molecule has 1 aliphatic carbocycles. The van der Waals surface area contributed by atoms with E-state index in [0.717, 1.165) is 12.8 Å². The van der Waals surface area contributed by atoms with Crippen LogP contribution in [0.4, 0.5) is 0 Å². The number of hydrogen-bond acceptors (Lipinski definition) is 1. The highest BCUT2D eigenvalue weighted by Crippen LogP contribution is 2.45. The van der Waals surface area contributed by atoms with Crippen molar-refractivity contribution in [1.82, 2.24) is 0 Å². The van der Waals surface area contributed by atoms with Crippen LogP contribution in [-0.4, -0.2) is 10.7 Å². The lowest BCUT2D eigenvalue weighted by atomic mass is 10.2. The van der Waals surface area contributed by atoms with Crippen molar-refractivity contribution in [2.45, 2.75) is 25.4 Å². The van der Waals surface area contributed by atoms with Gasteiger partial charge in [-0.3, -0.25) is 0 Å². The lowest BCUT2D eigenvalue weighted by molar-refractivity contribution is 0.152.